The molecule has 1 aromatic rings. The lowest BCUT2D eigenvalue weighted by atomic mass is 10.1. The zero-order valence-electron chi connectivity index (χ0n) is 11.4. The van der Waals surface area contributed by atoms with Gasteiger partial charge in [-0.05, 0) is 27.2 Å². The maximum Gasteiger partial charge on any atom is 0.0965 e. The second-order valence-corrected chi connectivity index (χ2v) is 5.19. The summed E-state index contributed by atoms with van der Waals surface area (Å²) in [7, 11) is 0. The van der Waals surface area contributed by atoms with Gasteiger partial charge in [-0.1, -0.05) is 12.1 Å². The van der Waals surface area contributed by atoms with E-state index in [-0.39, 0.29) is 5.54 Å². The number of nitrogens with zero attached hydrogens (tertiary/aromatic N) is 3. The maximum atomic E-state index is 5.41. The van der Waals surface area contributed by atoms with Gasteiger partial charge in [0.15, 0.2) is 0 Å². The second-order valence-electron chi connectivity index (χ2n) is 5.19. The van der Waals surface area contributed by atoms with Gasteiger partial charge in [0.1, 0.15) is 0 Å². The summed E-state index contributed by atoms with van der Waals surface area (Å²) in [4.78, 5) is 0. The van der Waals surface area contributed by atoms with Crippen LogP contribution in [0.15, 0.2) is 6.20 Å². The van der Waals surface area contributed by atoms with Gasteiger partial charge in [-0.15, -0.1) is 5.10 Å². The Morgan fingerprint density at radius 2 is 2.12 bits per heavy atom. The van der Waals surface area contributed by atoms with Crippen molar-refractivity contribution in [2.24, 2.45) is 0 Å². The molecule has 0 saturated carbocycles. The largest absolute Gasteiger partial charge is 0.380 e. The molecule has 0 aliphatic rings. The van der Waals surface area contributed by atoms with Crippen molar-refractivity contribution in [1.82, 2.24) is 20.3 Å². The smallest absolute Gasteiger partial charge is 0.0965 e. The third-order valence-corrected chi connectivity index (χ3v) is 2.20. The van der Waals surface area contributed by atoms with E-state index in [9.17, 15) is 0 Å². The van der Waals surface area contributed by atoms with E-state index in [2.05, 4.69) is 43.3 Å². The molecule has 1 heterocycles. The summed E-state index contributed by atoms with van der Waals surface area (Å²) in [5.41, 5.74) is 1.07. The lowest BCUT2D eigenvalue weighted by Gasteiger charge is -2.19. The summed E-state index contributed by atoms with van der Waals surface area (Å²) in [6.07, 6.45) is 3.02. The lowest BCUT2D eigenvalue weighted by molar-refractivity contribution is 0.124. The molecule has 0 aliphatic heterocycles. The van der Waals surface area contributed by atoms with Gasteiger partial charge in [-0.3, -0.25) is 0 Å². The molecule has 17 heavy (non-hydrogen) atoms. The molecule has 0 fully saturated rings. The van der Waals surface area contributed by atoms with Gasteiger partial charge in [0.2, 0.25) is 0 Å². The average molecular weight is 240 g/mol. The first-order valence-corrected chi connectivity index (χ1v) is 6.23. The van der Waals surface area contributed by atoms with Crippen LogP contribution in [0.25, 0.3) is 0 Å². The van der Waals surface area contributed by atoms with E-state index in [1.165, 1.54) is 0 Å². The number of aromatic nitrogens is 3. The van der Waals surface area contributed by atoms with Gasteiger partial charge in [-0.25, -0.2) is 4.68 Å². The van der Waals surface area contributed by atoms with E-state index in [4.69, 9.17) is 4.74 Å². The Balaban J connectivity index is 2.28. The number of rotatable bonds is 7. The summed E-state index contributed by atoms with van der Waals surface area (Å²) < 4.78 is 7.23. The van der Waals surface area contributed by atoms with Crippen molar-refractivity contribution in [1.29, 1.82) is 0 Å². The van der Waals surface area contributed by atoms with Crippen LogP contribution in [0.1, 0.15) is 39.8 Å². The van der Waals surface area contributed by atoms with Crippen molar-refractivity contribution in [3.05, 3.63) is 11.9 Å². The third kappa shape index (κ3) is 6.38. The van der Waals surface area contributed by atoms with Gasteiger partial charge in [0.05, 0.1) is 18.8 Å². The molecule has 1 aromatic heterocycles. The first-order valence-electron chi connectivity index (χ1n) is 6.23. The van der Waals surface area contributed by atoms with Gasteiger partial charge < -0.3 is 10.1 Å². The molecule has 0 bridgehead atoms. The quantitative estimate of drug-likeness (QED) is 0.735. The topological polar surface area (TPSA) is 52.0 Å². The van der Waals surface area contributed by atoms with Crippen LogP contribution in [-0.2, 0) is 17.8 Å². The minimum Gasteiger partial charge on any atom is -0.380 e. The Labute approximate surface area is 104 Å². The molecular formula is C12H24N4O. The normalized spacial score (nSPS) is 12.0. The Morgan fingerprint density at radius 3 is 2.76 bits per heavy atom. The molecule has 1 N–H and O–H groups in total. The second kappa shape index (κ2) is 6.71. The Morgan fingerprint density at radius 1 is 1.35 bits per heavy atom. The predicted octanol–water partition coefficient (Wildman–Crippen LogP) is 1.59. The number of hydrogen-bond donors (Lipinski definition) is 1. The Bertz CT molecular complexity index is 317. The van der Waals surface area contributed by atoms with Crippen molar-refractivity contribution >= 4 is 0 Å². The van der Waals surface area contributed by atoms with Gasteiger partial charge in [0, 0.05) is 24.9 Å². The number of nitrogens with one attached hydrogen (secondary N) is 1. The first-order chi connectivity index (χ1) is 8.01. The van der Waals surface area contributed by atoms with Crippen molar-refractivity contribution in [2.45, 2.75) is 52.7 Å². The highest BCUT2D eigenvalue weighted by atomic mass is 16.5. The van der Waals surface area contributed by atoms with E-state index in [1.54, 1.807) is 0 Å². The van der Waals surface area contributed by atoms with Crippen molar-refractivity contribution in [3.63, 3.8) is 0 Å². The molecule has 0 atom stereocenters. The SMILES string of the molecule is CCCOCCn1cc(CNC(C)(C)C)nn1. The van der Waals surface area contributed by atoms with E-state index >= 15 is 0 Å². The van der Waals surface area contributed by atoms with Crippen LogP contribution in [0, 0.1) is 0 Å². The van der Waals surface area contributed by atoms with E-state index in [0.717, 1.165) is 31.8 Å². The average Bonchev–Trinajstić information content (AvgIpc) is 2.69. The van der Waals surface area contributed by atoms with Gasteiger partial charge >= 0.3 is 0 Å². The molecule has 5 nitrogen and oxygen atoms in total. The molecule has 0 saturated heterocycles. The first kappa shape index (κ1) is 14.1. The molecule has 0 unspecified atom stereocenters. The van der Waals surface area contributed by atoms with Gasteiger partial charge in [0.25, 0.3) is 0 Å². The summed E-state index contributed by atoms with van der Waals surface area (Å²) in [5.74, 6) is 0. The summed E-state index contributed by atoms with van der Waals surface area (Å²) in [5, 5.41) is 11.6. The Hall–Kier alpha value is -0.940. The van der Waals surface area contributed by atoms with Crippen LogP contribution in [0.3, 0.4) is 0 Å². The van der Waals surface area contributed by atoms with Gasteiger partial charge in [-0.2, -0.15) is 0 Å². The standard InChI is InChI=1S/C12H24N4O/c1-5-7-17-8-6-16-10-11(14-15-16)9-13-12(2,3)4/h10,13H,5-9H2,1-4H3. The van der Waals surface area contributed by atoms with Crippen molar-refractivity contribution in [3.8, 4) is 0 Å². The highest BCUT2D eigenvalue weighted by molar-refractivity contribution is 4.92. The molecule has 0 aliphatic carbocycles. The van der Waals surface area contributed by atoms with Crippen molar-refractivity contribution in [2.75, 3.05) is 13.2 Å². The molecule has 0 spiro atoms. The fourth-order valence-corrected chi connectivity index (χ4v) is 1.29. The van der Waals surface area contributed by atoms with Crippen LogP contribution in [0.5, 0.6) is 0 Å². The summed E-state index contributed by atoms with van der Waals surface area (Å²) in [6.45, 7) is 11.5. The molecule has 5 heteroatoms. The van der Waals surface area contributed by atoms with E-state index < -0.39 is 0 Å². The fourth-order valence-electron chi connectivity index (χ4n) is 1.29. The summed E-state index contributed by atoms with van der Waals surface area (Å²) >= 11 is 0. The predicted molar refractivity (Wildman–Crippen MR) is 67.7 cm³/mol. The highest BCUT2D eigenvalue weighted by Gasteiger charge is 2.09. The van der Waals surface area contributed by atoms with E-state index in [0.29, 0.717) is 6.61 Å². The van der Waals surface area contributed by atoms with Crippen LogP contribution in [0.4, 0.5) is 0 Å². The molecule has 98 valence electrons. The van der Waals surface area contributed by atoms with Crippen LogP contribution in [-0.4, -0.2) is 33.7 Å². The molecule has 0 amide bonds. The molecular weight excluding hydrogens is 216 g/mol. The van der Waals surface area contributed by atoms with Crippen LogP contribution >= 0.6 is 0 Å². The minimum atomic E-state index is 0.105. The molecule has 1 rings (SSSR count). The zero-order valence-corrected chi connectivity index (χ0v) is 11.4. The monoisotopic (exact) mass is 240 g/mol. The minimum absolute atomic E-state index is 0.105. The van der Waals surface area contributed by atoms with Crippen LogP contribution < -0.4 is 5.32 Å². The van der Waals surface area contributed by atoms with Crippen molar-refractivity contribution < 1.29 is 4.74 Å². The maximum absolute atomic E-state index is 5.41. The van der Waals surface area contributed by atoms with Crippen LogP contribution in [0.2, 0.25) is 0 Å². The molecule has 0 aromatic carbocycles. The fraction of sp³-hybridized carbons (Fsp3) is 0.833. The molecule has 0 radical (unpaired) electrons. The Kier molecular flexibility index (Phi) is 5.58. The number of ether oxygens (including phenoxy) is 1. The highest BCUT2D eigenvalue weighted by Crippen LogP contribution is 2.01. The van der Waals surface area contributed by atoms with E-state index in [1.807, 2.05) is 10.9 Å². The lowest BCUT2D eigenvalue weighted by Crippen LogP contribution is -2.35. The number of hydrogen-bond acceptors (Lipinski definition) is 4. The third-order valence-electron chi connectivity index (χ3n) is 2.20. The summed E-state index contributed by atoms with van der Waals surface area (Å²) in [6, 6.07) is 0. The zero-order chi connectivity index (χ0) is 12.7.